The summed E-state index contributed by atoms with van der Waals surface area (Å²) in [6, 6.07) is 0.639. The van der Waals surface area contributed by atoms with Gasteiger partial charge in [-0.3, -0.25) is 4.68 Å². The molecule has 5 nitrogen and oxygen atoms in total. The Morgan fingerprint density at radius 1 is 1.43 bits per heavy atom. The lowest BCUT2D eigenvalue weighted by molar-refractivity contribution is 0.106. The van der Waals surface area contributed by atoms with Gasteiger partial charge >= 0.3 is 0 Å². The van der Waals surface area contributed by atoms with E-state index in [9.17, 15) is 0 Å². The number of hydrogen-bond acceptors (Lipinski definition) is 4. The van der Waals surface area contributed by atoms with Crippen molar-refractivity contribution >= 4 is 0 Å². The molecule has 0 atom stereocenters. The van der Waals surface area contributed by atoms with Gasteiger partial charge in [-0.2, -0.15) is 5.10 Å². The van der Waals surface area contributed by atoms with Crippen molar-refractivity contribution in [1.29, 1.82) is 0 Å². The van der Waals surface area contributed by atoms with E-state index in [2.05, 4.69) is 42.5 Å². The van der Waals surface area contributed by atoms with Crippen LogP contribution in [0.3, 0.4) is 0 Å². The predicted molar refractivity (Wildman–Crippen MR) is 85.3 cm³/mol. The maximum absolute atomic E-state index is 5.07. The molecule has 0 bridgehead atoms. The Kier molecular flexibility index (Phi) is 5.79. The first kappa shape index (κ1) is 16.5. The van der Waals surface area contributed by atoms with Crippen molar-refractivity contribution in [2.75, 3.05) is 27.8 Å². The third kappa shape index (κ3) is 4.53. The number of hydrogen-bond donors (Lipinski definition) is 1. The Labute approximate surface area is 128 Å². The van der Waals surface area contributed by atoms with E-state index < -0.39 is 0 Å². The molecule has 21 heavy (non-hydrogen) atoms. The fraction of sp³-hybridized carbons (Fsp3) is 0.812. The zero-order chi connectivity index (χ0) is 15.3. The molecule has 0 saturated heterocycles. The SMILES string of the molecule is COCCn1cc(CNC2CCC(C)(N(C)C)CC2)cn1. The molecule has 0 aromatic carbocycles. The van der Waals surface area contributed by atoms with Crippen LogP contribution in [-0.4, -0.2) is 54.1 Å². The molecule has 0 spiro atoms. The fourth-order valence-electron chi connectivity index (χ4n) is 2.96. The largest absolute Gasteiger partial charge is 0.383 e. The van der Waals surface area contributed by atoms with Crippen molar-refractivity contribution in [3.63, 3.8) is 0 Å². The molecule has 1 aromatic rings. The molecular formula is C16H30N4O. The number of methoxy groups -OCH3 is 1. The summed E-state index contributed by atoms with van der Waals surface area (Å²) in [5.41, 5.74) is 1.63. The Balaban J connectivity index is 1.73. The summed E-state index contributed by atoms with van der Waals surface area (Å²) in [6.45, 7) is 4.82. The molecular weight excluding hydrogens is 264 g/mol. The van der Waals surface area contributed by atoms with E-state index >= 15 is 0 Å². The van der Waals surface area contributed by atoms with Crippen LogP contribution in [0.15, 0.2) is 12.4 Å². The molecule has 1 aliphatic carbocycles. The third-order valence-electron chi connectivity index (χ3n) is 4.95. The fourth-order valence-corrected chi connectivity index (χ4v) is 2.96. The highest BCUT2D eigenvalue weighted by atomic mass is 16.5. The summed E-state index contributed by atoms with van der Waals surface area (Å²) in [5.74, 6) is 0. The van der Waals surface area contributed by atoms with E-state index in [1.807, 2.05) is 10.9 Å². The molecule has 1 aliphatic rings. The van der Waals surface area contributed by atoms with Gasteiger partial charge in [-0.05, 0) is 46.7 Å². The number of nitrogens with one attached hydrogen (secondary N) is 1. The van der Waals surface area contributed by atoms with Crippen molar-refractivity contribution in [2.24, 2.45) is 0 Å². The van der Waals surface area contributed by atoms with Gasteiger partial charge in [0, 0.05) is 37.0 Å². The summed E-state index contributed by atoms with van der Waals surface area (Å²) in [7, 11) is 6.11. The second-order valence-corrected chi connectivity index (χ2v) is 6.65. The average molecular weight is 294 g/mol. The zero-order valence-electron chi connectivity index (χ0n) is 13.9. The molecule has 2 rings (SSSR count). The summed E-state index contributed by atoms with van der Waals surface area (Å²) < 4.78 is 7.02. The minimum absolute atomic E-state index is 0.378. The monoisotopic (exact) mass is 294 g/mol. The Morgan fingerprint density at radius 2 is 2.14 bits per heavy atom. The van der Waals surface area contributed by atoms with E-state index in [1.54, 1.807) is 7.11 Å². The minimum atomic E-state index is 0.378. The second-order valence-electron chi connectivity index (χ2n) is 6.65. The van der Waals surface area contributed by atoms with Crippen LogP contribution >= 0.6 is 0 Å². The van der Waals surface area contributed by atoms with Crippen LogP contribution in [-0.2, 0) is 17.8 Å². The molecule has 1 fully saturated rings. The van der Waals surface area contributed by atoms with Gasteiger partial charge in [0.15, 0.2) is 0 Å². The molecule has 120 valence electrons. The van der Waals surface area contributed by atoms with Gasteiger partial charge in [0.2, 0.25) is 0 Å². The van der Waals surface area contributed by atoms with Crippen LogP contribution in [0.4, 0.5) is 0 Å². The number of rotatable bonds is 7. The van der Waals surface area contributed by atoms with Gasteiger partial charge in [0.25, 0.3) is 0 Å². The number of aromatic nitrogens is 2. The van der Waals surface area contributed by atoms with Crippen molar-refractivity contribution in [3.8, 4) is 0 Å². The van der Waals surface area contributed by atoms with Crippen LogP contribution in [0, 0.1) is 0 Å². The van der Waals surface area contributed by atoms with E-state index in [4.69, 9.17) is 4.74 Å². The summed E-state index contributed by atoms with van der Waals surface area (Å²) in [4.78, 5) is 2.38. The lowest BCUT2D eigenvalue weighted by atomic mass is 9.80. The first-order valence-corrected chi connectivity index (χ1v) is 7.94. The van der Waals surface area contributed by atoms with Gasteiger partial charge in [-0.25, -0.2) is 0 Å². The summed E-state index contributed by atoms with van der Waals surface area (Å²) in [5, 5.41) is 8.03. The van der Waals surface area contributed by atoms with Gasteiger partial charge in [-0.15, -0.1) is 0 Å². The van der Waals surface area contributed by atoms with E-state index in [0.29, 0.717) is 18.2 Å². The molecule has 0 unspecified atom stereocenters. The van der Waals surface area contributed by atoms with Gasteiger partial charge in [0.1, 0.15) is 0 Å². The zero-order valence-corrected chi connectivity index (χ0v) is 13.9. The van der Waals surface area contributed by atoms with Crippen molar-refractivity contribution in [1.82, 2.24) is 20.0 Å². The van der Waals surface area contributed by atoms with Gasteiger partial charge in [-0.1, -0.05) is 0 Å². The molecule has 5 heteroatoms. The molecule has 1 aromatic heterocycles. The van der Waals surface area contributed by atoms with E-state index in [-0.39, 0.29) is 0 Å². The average Bonchev–Trinajstić information content (AvgIpc) is 2.92. The normalized spacial score (nSPS) is 26.4. The van der Waals surface area contributed by atoms with E-state index in [1.165, 1.54) is 31.2 Å². The van der Waals surface area contributed by atoms with Crippen LogP contribution in [0.1, 0.15) is 38.2 Å². The summed E-state index contributed by atoms with van der Waals surface area (Å²) >= 11 is 0. The first-order valence-electron chi connectivity index (χ1n) is 7.94. The molecule has 1 N–H and O–H groups in total. The predicted octanol–water partition coefficient (Wildman–Crippen LogP) is 1.88. The number of nitrogens with zero attached hydrogens (tertiary/aromatic N) is 3. The van der Waals surface area contributed by atoms with Gasteiger partial charge < -0.3 is 15.0 Å². The molecule has 0 amide bonds. The number of ether oxygens (including phenoxy) is 1. The molecule has 0 aliphatic heterocycles. The first-order chi connectivity index (χ1) is 10.0. The Bertz CT molecular complexity index is 422. The molecule has 0 radical (unpaired) electrons. The quantitative estimate of drug-likeness (QED) is 0.834. The lowest BCUT2D eigenvalue weighted by Crippen LogP contribution is -2.47. The van der Waals surface area contributed by atoms with Crippen molar-refractivity contribution in [3.05, 3.63) is 18.0 Å². The highest BCUT2D eigenvalue weighted by Gasteiger charge is 2.32. The Hall–Kier alpha value is -0.910. The van der Waals surface area contributed by atoms with Crippen LogP contribution in [0.5, 0.6) is 0 Å². The lowest BCUT2D eigenvalue weighted by Gasteiger charge is -2.42. The maximum atomic E-state index is 5.07. The highest BCUT2D eigenvalue weighted by Crippen LogP contribution is 2.31. The van der Waals surface area contributed by atoms with Crippen molar-refractivity contribution < 1.29 is 4.74 Å². The maximum Gasteiger partial charge on any atom is 0.0658 e. The minimum Gasteiger partial charge on any atom is -0.383 e. The van der Waals surface area contributed by atoms with Crippen LogP contribution in [0.25, 0.3) is 0 Å². The highest BCUT2D eigenvalue weighted by molar-refractivity contribution is 5.04. The molecule has 1 heterocycles. The Morgan fingerprint density at radius 3 is 2.76 bits per heavy atom. The van der Waals surface area contributed by atoms with Crippen LogP contribution in [0.2, 0.25) is 0 Å². The van der Waals surface area contributed by atoms with Gasteiger partial charge in [0.05, 0.1) is 19.3 Å². The second kappa shape index (κ2) is 7.38. The standard InChI is InChI=1S/C16H30N4O/c1-16(19(2)3)7-5-15(6-8-16)17-11-14-12-18-20(13-14)9-10-21-4/h12-13,15,17H,5-11H2,1-4H3. The van der Waals surface area contributed by atoms with E-state index in [0.717, 1.165) is 13.1 Å². The smallest absolute Gasteiger partial charge is 0.0658 e. The molecule has 1 saturated carbocycles. The van der Waals surface area contributed by atoms with Crippen LogP contribution < -0.4 is 5.32 Å². The summed E-state index contributed by atoms with van der Waals surface area (Å²) in [6.07, 6.45) is 9.11. The third-order valence-corrected chi connectivity index (χ3v) is 4.95. The topological polar surface area (TPSA) is 42.3 Å². The van der Waals surface area contributed by atoms with Crippen molar-refractivity contribution in [2.45, 2.75) is 57.3 Å².